The van der Waals surface area contributed by atoms with E-state index in [1.165, 1.54) is 5.56 Å². The Balaban J connectivity index is 1.77. The van der Waals surface area contributed by atoms with Crippen molar-refractivity contribution in [3.63, 3.8) is 0 Å². The molecule has 1 fully saturated rings. The number of ether oxygens (including phenoxy) is 1. The lowest BCUT2D eigenvalue weighted by atomic mass is 9.64. The lowest BCUT2D eigenvalue weighted by molar-refractivity contribution is -0.116. The maximum atomic E-state index is 14.4. The molecule has 1 saturated carbocycles. The number of benzene rings is 2. The Hall–Kier alpha value is -2.66. The van der Waals surface area contributed by atoms with Crippen LogP contribution in [0.1, 0.15) is 105 Å². The van der Waals surface area contributed by atoms with Gasteiger partial charge in [-0.25, -0.2) is 4.79 Å². The summed E-state index contributed by atoms with van der Waals surface area (Å²) in [5, 5.41) is 0.907. The van der Waals surface area contributed by atoms with Crippen LogP contribution >= 0.6 is 0 Å². The summed E-state index contributed by atoms with van der Waals surface area (Å²) in [7, 11) is -2.30. The number of carbonyl (C=O) groups excluding carboxylic acids is 2. The Bertz CT molecular complexity index is 1230. The van der Waals surface area contributed by atoms with Crippen molar-refractivity contribution in [3.8, 4) is 0 Å². The Morgan fingerprint density at radius 2 is 1.43 bits per heavy atom. The van der Waals surface area contributed by atoms with Crippen LogP contribution in [0.2, 0.25) is 16.6 Å². The van der Waals surface area contributed by atoms with Gasteiger partial charge < -0.3 is 4.74 Å². The zero-order chi connectivity index (χ0) is 30.8. The second-order valence-electron chi connectivity index (χ2n) is 14.4. The first kappa shape index (κ1) is 32.3. The van der Waals surface area contributed by atoms with Crippen molar-refractivity contribution in [3.05, 3.63) is 83.2 Å². The van der Waals surface area contributed by atoms with Crippen molar-refractivity contribution >= 4 is 20.0 Å². The van der Waals surface area contributed by atoms with E-state index < -0.39 is 8.07 Å². The topological polar surface area (TPSA) is 46.6 Å². The summed E-state index contributed by atoms with van der Waals surface area (Å²) in [6.45, 7) is 20.5. The fraction of sp³-hybridized carbons (Fsp3) is 0.568. The monoisotopic (exact) mass is 587 g/mol. The summed E-state index contributed by atoms with van der Waals surface area (Å²) in [5.74, 6) is 0.901. The van der Waals surface area contributed by atoms with Crippen LogP contribution in [-0.4, -0.2) is 31.0 Å². The Morgan fingerprint density at radius 1 is 0.881 bits per heavy atom. The summed E-state index contributed by atoms with van der Waals surface area (Å²) in [6, 6.07) is 20.3. The van der Waals surface area contributed by atoms with Crippen molar-refractivity contribution in [2.45, 2.75) is 122 Å². The van der Waals surface area contributed by atoms with E-state index in [4.69, 9.17) is 4.74 Å². The molecule has 0 N–H and O–H groups in total. The minimum Gasteiger partial charge on any atom is -0.446 e. The molecule has 1 aliphatic carbocycles. The molecule has 228 valence electrons. The third-order valence-electron chi connectivity index (χ3n) is 10.8. The zero-order valence-corrected chi connectivity index (χ0v) is 28.4. The van der Waals surface area contributed by atoms with Crippen LogP contribution in [0.15, 0.2) is 72.1 Å². The number of rotatable bonds is 8. The van der Waals surface area contributed by atoms with E-state index in [1.54, 1.807) is 4.90 Å². The maximum absolute atomic E-state index is 14.4. The van der Waals surface area contributed by atoms with Gasteiger partial charge in [0.05, 0.1) is 6.04 Å². The first-order valence-corrected chi connectivity index (χ1v) is 18.4. The van der Waals surface area contributed by atoms with E-state index >= 15 is 0 Å². The number of carbonyl (C=O) groups is 2. The molecular formula is C37H53NO3Si. The number of hydrogen-bond acceptors (Lipinski definition) is 3. The molecule has 4 atom stereocenters. The van der Waals surface area contributed by atoms with E-state index in [0.29, 0.717) is 29.0 Å². The highest BCUT2D eigenvalue weighted by atomic mass is 28.3. The molecule has 0 radical (unpaired) electrons. The van der Waals surface area contributed by atoms with Crippen molar-refractivity contribution in [2.75, 3.05) is 0 Å². The van der Waals surface area contributed by atoms with Gasteiger partial charge in [0.25, 0.3) is 0 Å². The van der Waals surface area contributed by atoms with Gasteiger partial charge in [0.15, 0.2) is 5.78 Å². The SMILES string of the molecule is CC(C)[Si](C1=CN(C(=O)O[C@@H]2C[C@H](C)CC[C@H]2C(C)(C)c2ccccc2)[C@@H](c2ccccc2)CC1=O)(C(C)C)C(C)C. The van der Waals surface area contributed by atoms with Gasteiger partial charge in [-0.15, -0.1) is 0 Å². The first-order chi connectivity index (χ1) is 19.8. The second-order valence-corrected chi connectivity index (χ2v) is 20.3. The minimum atomic E-state index is -2.30. The van der Waals surface area contributed by atoms with E-state index in [9.17, 15) is 9.59 Å². The predicted octanol–water partition coefficient (Wildman–Crippen LogP) is 10.0. The highest BCUT2D eigenvalue weighted by Crippen LogP contribution is 2.50. The first-order valence-electron chi connectivity index (χ1n) is 16.2. The van der Waals surface area contributed by atoms with E-state index in [-0.39, 0.29) is 35.4 Å². The molecule has 2 aliphatic rings. The molecule has 0 bridgehead atoms. The van der Waals surface area contributed by atoms with Crippen molar-refractivity contribution in [2.24, 2.45) is 11.8 Å². The predicted molar refractivity (Wildman–Crippen MR) is 176 cm³/mol. The normalized spacial score (nSPS) is 23.9. The number of allylic oxidation sites excluding steroid dienone is 1. The Morgan fingerprint density at radius 3 is 1.98 bits per heavy atom. The molecule has 0 unspecified atom stereocenters. The van der Waals surface area contributed by atoms with Crippen LogP contribution < -0.4 is 0 Å². The highest BCUT2D eigenvalue weighted by Gasteiger charge is 2.51. The highest BCUT2D eigenvalue weighted by molar-refractivity contribution is 6.93. The molecule has 5 heteroatoms. The van der Waals surface area contributed by atoms with Crippen LogP contribution in [0.5, 0.6) is 0 Å². The van der Waals surface area contributed by atoms with Crippen molar-refractivity contribution < 1.29 is 14.3 Å². The van der Waals surface area contributed by atoms with Crippen molar-refractivity contribution in [1.29, 1.82) is 0 Å². The van der Waals surface area contributed by atoms with Gasteiger partial charge in [0, 0.05) is 18.5 Å². The van der Waals surface area contributed by atoms with Gasteiger partial charge in [-0.05, 0) is 57.1 Å². The molecular weight excluding hydrogens is 534 g/mol. The zero-order valence-electron chi connectivity index (χ0n) is 27.4. The van der Waals surface area contributed by atoms with Crippen molar-refractivity contribution in [1.82, 2.24) is 4.90 Å². The van der Waals surface area contributed by atoms with E-state index in [2.05, 4.69) is 92.6 Å². The lowest BCUT2D eigenvalue weighted by Crippen LogP contribution is -2.52. The molecule has 4 nitrogen and oxygen atoms in total. The maximum Gasteiger partial charge on any atom is 0.414 e. The Kier molecular flexibility index (Phi) is 9.92. The number of nitrogens with zero attached hydrogens (tertiary/aromatic N) is 1. The van der Waals surface area contributed by atoms with E-state index in [1.807, 2.05) is 36.5 Å². The largest absolute Gasteiger partial charge is 0.446 e. The number of Topliss-reactive ketones (excluding diaryl/α,β-unsaturated/α-hetero) is 1. The number of amides is 1. The van der Waals surface area contributed by atoms with Gasteiger partial charge >= 0.3 is 6.09 Å². The molecule has 0 saturated heterocycles. The third-order valence-corrected chi connectivity index (χ3v) is 17.8. The number of ketones is 1. The summed E-state index contributed by atoms with van der Waals surface area (Å²) in [5.41, 5.74) is 3.22. The molecule has 2 aromatic rings. The Labute approximate surface area is 255 Å². The third kappa shape index (κ3) is 6.04. The van der Waals surface area contributed by atoms with Crippen LogP contribution in [-0.2, 0) is 14.9 Å². The van der Waals surface area contributed by atoms with E-state index in [0.717, 1.165) is 30.0 Å². The molecule has 42 heavy (non-hydrogen) atoms. The van der Waals surface area contributed by atoms with Crippen LogP contribution in [0.3, 0.4) is 0 Å². The van der Waals surface area contributed by atoms with Crippen LogP contribution in [0, 0.1) is 11.8 Å². The van der Waals surface area contributed by atoms with Gasteiger partial charge in [0.1, 0.15) is 14.2 Å². The van der Waals surface area contributed by atoms with Gasteiger partial charge in [-0.1, -0.05) is 129 Å². The fourth-order valence-corrected chi connectivity index (χ4v) is 15.5. The molecule has 0 spiro atoms. The molecule has 2 aromatic carbocycles. The fourth-order valence-electron chi connectivity index (χ4n) is 8.66. The standard InChI is InChI=1S/C37H53NO3Si/c1-25(2)42(26(3)4,27(5)6)35-24-38(32(23-33(35)39)29-16-12-10-13-17-29)36(40)41-34-22-28(7)20-21-31(34)37(8,9)30-18-14-11-15-19-30/h10-19,24-28,31-32,34H,20-23H2,1-9H3/t28-,31-,32-,34-/m1/s1. The summed E-state index contributed by atoms with van der Waals surface area (Å²) in [4.78, 5) is 30.3. The molecule has 0 aromatic heterocycles. The average Bonchev–Trinajstić information content (AvgIpc) is 2.94. The molecule has 1 heterocycles. The second kappa shape index (κ2) is 12.9. The summed E-state index contributed by atoms with van der Waals surface area (Å²) < 4.78 is 6.60. The summed E-state index contributed by atoms with van der Waals surface area (Å²) in [6.07, 6.45) is 4.75. The molecule has 1 amide bonds. The molecule has 1 aliphatic heterocycles. The van der Waals surface area contributed by atoms with Gasteiger partial charge in [0.2, 0.25) is 0 Å². The van der Waals surface area contributed by atoms with Crippen LogP contribution in [0.4, 0.5) is 4.79 Å². The van der Waals surface area contributed by atoms with Crippen LogP contribution in [0.25, 0.3) is 0 Å². The molecule has 4 rings (SSSR count). The van der Waals surface area contributed by atoms with Gasteiger partial charge in [-0.3, -0.25) is 9.69 Å². The quantitative estimate of drug-likeness (QED) is 0.289. The minimum absolute atomic E-state index is 0.140. The van der Waals surface area contributed by atoms with Gasteiger partial charge in [-0.2, -0.15) is 0 Å². The summed E-state index contributed by atoms with van der Waals surface area (Å²) >= 11 is 0. The smallest absolute Gasteiger partial charge is 0.414 e. The lowest BCUT2D eigenvalue weighted by Gasteiger charge is -2.48. The number of hydrogen-bond donors (Lipinski definition) is 0. The average molecular weight is 588 g/mol.